The maximum Gasteiger partial charge on any atom is 0.327 e. The lowest BCUT2D eigenvalue weighted by molar-refractivity contribution is 0.129. The number of aromatic nitrogens is 4. The van der Waals surface area contributed by atoms with Crippen LogP contribution < -0.4 is 16.2 Å². The number of unbranched alkanes of at least 4 members (excludes halogenated alkanes) is 1. The van der Waals surface area contributed by atoms with E-state index in [1.807, 2.05) is 0 Å². The van der Waals surface area contributed by atoms with Gasteiger partial charge >= 0.3 is 11.7 Å². The maximum atomic E-state index is 12.5. The Morgan fingerprint density at radius 2 is 1.90 bits per heavy atom. The third-order valence-electron chi connectivity index (χ3n) is 6.84. The van der Waals surface area contributed by atoms with Gasteiger partial charge in [0.1, 0.15) is 5.52 Å². The molecule has 166 valence electrons. The van der Waals surface area contributed by atoms with E-state index in [9.17, 15) is 4.79 Å². The van der Waals surface area contributed by atoms with Crippen molar-refractivity contribution in [2.75, 3.05) is 25.4 Å². The van der Waals surface area contributed by atoms with Gasteiger partial charge in [-0.3, -0.25) is 4.57 Å². The zero-order valence-electron chi connectivity index (χ0n) is 18.2. The molecule has 1 aliphatic heterocycles. The predicted octanol–water partition coefficient (Wildman–Crippen LogP) is 3.32. The minimum absolute atomic E-state index is 0.173. The third kappa shape index (κ3) is 4.79. The van der Waals surface area contributed by atoms with Crippen LogP contribution >= 0.6 is 0 Å². The number of hydrogen-bond acceptors (Lipinski definition) is 6. The molecule has 0 amide bonds. The van der Waals surface area contributed by atoms with Crippen molar-refractivity contribution >= 4 is 17.0 Å². The standard InChI is InChI=1S/C22H36N6O2/c1-2-3-15-30-21-25-19(23)18-20(26-21)28(22(29)24-18)12-6-7-16-10-13-27(14-11-16)17-8-4-5-9-17/h16-17H,2-15H2,1H3,(H,24,29)(H2,23,25,26). The Kier molecular flexibility index (Phi) is 6.92. The van der Waals surface area contributed by atoms with Crippen LogP contribution in [0.1, 0.15) is 71.1 Å². The Morgan fingerprint density at radius 3 is 2.63 bits per heavy atom. The van der Waals surface area contributed by atoms with Crippen molar-refractivity contribution in [3.63, 3.8) is 0 Å². The Labute approximate surface area is 178 Å². The second kappa shape index (κ2) is 9.81. The number of nitrogens with two attached hydrogens (primary N) is 1. The minimum Gasteiger partial charge on any atom is -0.463 e. The fourth-order valence-corrected chi connectivity index (χ4v) is 5.02. The highest BCUT2D eigenvalue weighted by atomic mass is 16.5. The molecule has 2 aromatic heterocycles. The van der Waals surface area contributed by atoms with E-state index in [1.165, 1.54) is 51.6 Å². The largest absolute Gasteiger partial charge is 0.463 e. The van der Waals surface area contributed by atoms with Crippen molar-refractivity contribution in [1.29, 1.82) is 0 Å². The molecule has 8 heteroatoms. The van der Waals surface area contributed by atoms with Gasteiger partial charge in [-0.25, -0.2) is 4.79 Å². The summed E-state index contributed by atoms with van der Waals surface area (Å²) in [4.78, 5) is 26.6. The summed E-state index contributed by atoms with van der Waals surface area (Å²) in [6, 6.07) is 1.09. The first-order valence-corrected chi connectivity index (χ1v) is 11.8. The Morgan fingerprint density at radius 1 is 1.13 bits per heavy atom. The molecule has 2 fully saturated rings. The van der Waals surface area contributed by atoms with Crippen LogP contribution in [0.5, 0.6) is 6.01 Å². The summed E-state index contributed by atoms with van der Waals surface area (Å²) in [5.74, 6) is 1.03. The molecule has 1 saturated carbocycles. The number of likely N-dealkylation sites (tertiary alicyclic amines) is 1. The third-order valence-corrected chi connectivity index (χ3v) is 6.84. The number of nitrogens with one attached hydrogen (secondary N) is 1. The molecule has 2 aromatic rings. The summed E-state index contributed by atoms with van der Waals surface area (Å²) in [7, 11) is 0. The molecule has 0 radical (unpaired) electrons. The normalized spacial score (nSPS) is 19.1. The zero-order chi connectivity index (χ0) is 20.9. The first-order valence-electron chi connectivity index (χ1n) is 11.8. The number of rotatable bonds is 9. The van der Waals surface area contributed by atoms with Gasteiger partial charge in [-0.2, -0.15) is 9.97 Å². The number of ether oxygens (including phenoxy) is 1. The lowest BCUT2D eigenvalue weighted by Crippen LogP contribution is -2.40. The van der Waals surface area contributed by atoms with Gasteiger partial charge in [0.25, 0.3) is 0 Å². The van der Waals surface area contributed by atoms with Crippen LogP contribution in [-0.2, 0) is 6.54 Å². The summed E-state index contributed by atoms with van der Waals surface area (Å²) >= 11 is 0. The lowest BCUT2D eigenvalue weighted by atomic mass is 9.91. The molecule has 2 aliphatic rings. The average Bonchev–Trinajstić information content (AvgIpc) is 3.38. The molecule has 0 bridgehead atoms. The molecule has 1 saturated heterocycles. The maximum absolute atomic E-state index is 12.5. The number of H-pyrrole nitrogens is 1. The topological polar surface area (TPSA) is 102 Å². The number of aryl methyl sites for hydroxylation is 1. The molecular formula is C22H36N6O2. The molecule has 3 heterocycles. The number of nitrogens with zero attached hydrogens (tertiary/aromatic N) is 4. The van der Waals surface area contributed by atoms with E-state index in [0.29, 0.717) is 24.3 Å². The predicted molar refractivity (Wildman–Crippen MR) is 119 cm³/mol. The smallest absolute Gasteiger partial charge is 0.327 e. The van der Waals surface area contributed by atoms with E-state index in [-0.39, 0.29) is 17.5 Å². The van der Waals surface area contributed by atoms with Gasteiger partial charge in [0.05, 0.1) is 6.61 Å². The molecule has 4 rings (SSSR count). The van der Waals surface area contributed by atoms with E-state index in [1.54, 1.807) is 4.57 Å². The first-order chi connectivity index (χ1) is 14.7. The molecule has 0 spiro atoms. The molecule has 1 aliphatic carbocycles. The number of imidazole rings is 1. The quantitative estimate of drug-likeness (QED) is 0.608. The van der Waals surface area contributed by atoms with E-state index in [4.69, 9.17) is 10.5 Å². The van der Waals surface area contributed by atoms with Crippen LogP contribution in [0.4, 0.5) is 5.82 Å². The van der Waals surface area contributed by atoms with Crippen LogP contribution in [0.25, 0.3) is 11.2 Å². The van der Waals surface area contributed by atoms with Gasteiger partial charge in [0, 0.05) is 12.6 Å². The number of piperidine rings is 1. The molecule has 0 unspecified atom stereocenters. The van der Waals surface area contributed by atoms with E-state index in [0.717, 1.165) is 37.6 Å². The van der Waals surface area contributed by atoms with Gasteiger partial charge in [-0.15, -0.1) is 0 Å². The van der Waals surface area contributed by atoms with Crippen LogP contribution in [0, 0.1) is 5.92 Å². The number of fused-ring (bicyclic) bond motifs is 1. The van der Waals surface area contributed by atoms with Crippen LogP contribution in [-0.4, -0.2) is 50.2 Å². The number of nitrogen functional groups attached to an aromatic ring is 1. The van der Waals surface area contributed by atoms with Crippen molar-refractivity contribution in [2.24, 2.45) is 5.92 Å². The summed E-state index contributed by atoms with van der Waals surface area (Å²) in [5.41, 5.74) is 6.92. The van der Waals surface area contributed by atoms with Crippen LogP contribution in [0.2, 0.25) is 0 Å². The van der Waals surface area contributed by atoms with Gasteiger partial charge in [-0.05, 0) is 64.0 Å². The highest BCUT2D eigenvalue weighted by molar-refractivity contribution is 5.81. The molecule has 3 N–H and O–H groups in total. The minimum atomic E-state index is -0.173. The number of anilines is 1. The van der Waals surface area contributed by atoms with Gasteiger partial charge < -0.3 is 20.4 Å². The van der Waals surface area contributed by atoms with Crippen molar-refractivity contribution in [3.8, 4) is 6.01 Å². The number of hydrogen-bond donors (Lipinski definition) is 2. The van der Waals surface area contributed by atoms with Crippen molar-refractivity contribution in [1.82, 2.24) is 24.4 Å². The highest BCUT2D eigenvalue weighted by Gasteiger charge is 2.27. The second-order valence-electron chi connectivity index (χ2n) is 8.93. The molecule has 0 aromatic carbocycles. The van der Waals surface area contributed by atoms with Crippen LogP contribution in [0.15, 0.2) is 4.79 Å². The second-order valence-corrected chi connectivity index (χ2v) is 8.93. The Balaban J connectivity index is 1.33. The monoisotopic (exact) mass is 416 g/mol. The van der Waals surface area contributed by atoms with Crippen molar-refractivity contribution in [3.05, 3.63) is 10.5 Å². The summed E-state index contributed by atoms with van der Waals surface area (Å²) < 4.78 is 7.30. The SMILES string of the molecule is CCCCOc1nc(N)c2[nH]c(=O)n(CCCC3CCN(C4CCCC4)CC3)c2n1. The van der Waals surface area contributed by atoms with Crippen molar-refractivity contribution in [2.45, 2.75) is 83.7 Å². The van der Waals surface area contributed by atoms with E-state index < -0.39 is 0 Å². The summed E-state index contributed by atoms with van der Waals surface area (Å²) in [6.07, 6.45) is 12.2. The zero-order valence-corrected chi connectivity index (χ0v) is 18.2. The average molecular weight is 417 g/mol. The van der Waals surface area contributed by atoms with Gasteiger partial charge in [0.15, 0.2) is 11.5 Å². The first kappa shape index (κ1) is 21.2. The van der Waals surface area contributed by atoms with Gasteiger partial charge in [0.2, 0.25) is 0 Å². The van der Waals surface area contributed by atoms with E-state index in [2.05, 4.69) is 26.8 Å². The Hall–Kier alpha value is -2.09. The number of aromatic amines is 1. The van der Waals surface area contributed by atoms with Crippen LogP contribution in [0.3, 0.4) is 0 Å². The molecule has 30 heavy (non-hydrogen) atoms. The van der Waals surface area contributed by atoms with Crippen molar-refractivity contribution < 1.29 is 4.74 Å². The fraction of sp³-hybridized carbons (Fsp3) is 0.773. The molecule has 0 atom stereocenters. The van der Waals surface area contributed by atoms with Gasteiger partial charge in [-0.1, -0.05) is 26.2 Å². The Bertz CT molecular complexity index is 878. The summed E-state index contributed by atoms with van der Waals surface area (Å²) in [6.45, 7) is 5.78. The molecular weight excluding hydrogens is 380 g/mol. The lowest BCUT2D eigenvalue weighted by Gasteiger charge is -2.36. The van der Waals surface area contributed by atoms with E-state index >= 15 is 0 Å². The molecule has 8 nitrogen and oxygen atoms in total. The fourth-order valence-electron chi connectivity index (χ4n) is 5.02. The highest BCUT2D eigenvalue weighted by Crippen LogP contribution is 2.29. The summed E-state index contributed by atoms with van der Waals surface area (Å²) in [5, 5.41) is 0.